The molecule has 24 N–H and O–H groups in total. The first kappa shape index (κ1) is 74.2. The van der Waals surface area contributed by atoms with Crippen LogP contribution in [0.2, 0.25) is 0 Å². The van der Waals surface area contributed by atoms with Gasteiger partial charge < -0.3 is 102 Å². The zero-order valence-corrected chi connectivity index (χ0v) is 49.5. The lowest BCUT2D eigenvalue weighted by atomic mass is 10.0. The van der Waals surface area contributed by atoms with E-state index in [1.54, 1.807) is 30.3 Å². The van der Waals surface area contributed by atoms with E-state index in [9.17, 15) is 73.2 Å². The summed E-state index contributed by atoms with van der Waals surface area (Å²) in [5.74, 6) is -11.5. The average Bonchev–Trinajstić information content (AvgIpc) is 1.86. The second kappa shape index (κ2) is 38.2. The molecule has 85 heavy (non-hydrogen) atoms. The van der Waals surface area contributed by atoms with Crippen LogP contribution in [0, 0.1) is 11.8 Å². The highest BCUT2D eigenvalue weighted by molar-refractivity contribution is 6.00. The predicted octanol–water partition coefficient (Wildman–Crippen LogP) is -6.50. The monoisotopic (exact) mass is 1210 g/mol. The van der Waals surface area contributed by atoms with Gasteiger partial charge in [-0.1, -0.05) is 76.3 Å². The van der Waals surface area contributed by atoms with Crippen LogP contribution in [0.5, 0.6) is 0 Å². The van der Waals surface area contributed by atoms with Crippen LogP contribution in [-0.4, -0.2) is 197 Å². The molecule has 480 valence electrons. The number of carbonyl (C=O) groups excluding carboxylic acids is 11. The first-order chi connectivity index (χ1) is 40.2. The molecule has 1 aromatic carbocycles. The number of carbonyl (C=O) groups is 11. The second-order valence-electron chi connectivity index (χ2n) is 21.6. The van der Waals surface area contributed by atoms with Crippen LogP contribution in [0.15, 0.2) is 30.3 Å². The summed E-state index contributed by atoms with van der Waals surface area (Å²) in [6.45, 7) is 5.18. The van der Waals surface area contributed by atoms with Gasteiger partial charge in [-0.3, -0.25) is 52.7 Å². The molecule has 30 nitrogen and oxygen atoms in total. The molecule has 0 heterocycles. The number of amides is 11. The van der Waals surface area contributed by atoms with E-state index < -0.39 is 169 Å². The first-order valence-electron chi connectivity index (χ1n) is 29.1. The van der Waals surface area contributed by atoms with Crippen LogP contribution in [-0.2, 0) is 59.2 Å². The van der Waals surface area contributed by atoms with Gasteiger partial charge in [0, 0.05) is 25.3 Å². The summed E-state index contributed by atoms with van der Waals surface area (Å²) < 4.78 is 0. The lowest BCUT2D eigenvalue weighted by Crippen LogP contribution is -2.62. The smallest absolute Gasteiger partial charge is 0.246 e. The van der Waals surface area contributed by atoms with Crippen molar-refractivity contribution in [3.05, 3.63) is 35.9 Å². The Morgan fingerprint density at radius 2 is 1.00 bits per heavy atom. The highest BCUT2D eigenvalue weighted by Gasteiger charge is 2.61. The van der Waals surface area contributed by atoms with Gasteiger partial charge in [-0.05, 0) is 91.0 Å². The van der Waals surface area contributed by atoms with E-state index in [0.717, 1.165) is 46.0 Å². The minimum atomic E-state index is -1.90. The van der Waals surface area contributed by atoms with E-state index in [0.29, 0.717) is 12.0 Å². The number of hydrogen-bond donors (Lipinski definition) is 19. The molecule has 1 aliphatic carbocycles. The van der Waals surface area contributed by atoms with Crippen molar-refractivity contribution < 1.29 is 73.2 Å². The van der Waals surface area contributed by atoms with Crippen molar-refractivity contribution in [3.8, 4) is 0 Å². The van der Waals surface area contributed by atoms with Gasteiger partial charge in [0.25, 0.3) is 0 Å². The third kappa shape index (κ3) is 24.9. The van der Waals surface area contributed by atoms with E-state index in [4.69, 9.17) is 28.7 Å². The number of aliphatic hydroxyl groups is 4. The van der Waals surface area contributed by atoms with Gasteiger partial charge in [0.2, 0.25) is 65.0 Å². The molecular formula is C55H95N15O15. The van der Waals surface area contributed by atoms with Crippen molar-refractivity contribution in [2.24, 2.45) is 40.5 Å². The third-order valence-electron chi connectivity index (χ3n) is 14.6. The highest BCUT2D eigenvalue weighted by atomic mass is 16.3. The fourth-order valence-corrected chi connectivity index (χ4v) is 8.96. The van der Waals surface area contributed by atoms with Crippen LogP contribution in [0.4, 0.5) is 0 Å². The molecule has 2 unspecified atom stereocenters. The maximum atomic E-state index is 14.3. The minimum Gasteiger partial charge on any atom is -0.394 e. The Balaban J connectivity index is 2.40. The number of aliphatic hydroxyl groups excluding tert-OH is 4. The number of rotatable bonds is 42. The van der Waals surface area contributed by atoms with Crippen LogP contribution in [0.3, 0.4) is 0 Å². The van der Waals surface area contributed by atoms with Gasteiger partial charge in [0.1, 0.15) is 53.9 Å². The highest BCUT2D eigenvalue weighted by Crippen LogP contribution is 2.43. The van der Waals surface area contributed by atoms with Crippen molar-refractivity contribution in [3.63, 3.8) is 0 Å². The SMILES string of the molecule is CCCCCCCCC(=O)N[C@@H](CCN)C(=O)N[C@H](C(=O)N[C@H](CO)C(=O)N[C@@H](CCNC(=O)[C@@H](NC(=O)[C@H](CCN)NC(=O)C1(NC(=O)[C@@H](C)[C@@H](C)O)CC1CN)[C@@H](C)O)C(=O)N[C@@H](CCN)C(=O)N[C@H](Cc1ccccc1)C(N)=O)[C@@H](C)O. The first-order valence-corrected chi connectivity index (χ1v) is 29.1. The zero-order chi connectivity index (χ0) is 64.0. The second-order valence-corrected chi connectivity index (χ2v) is 21.6. The number of unbranched alkanes of at least 4 members (excludes halogenated alkanes) is 5. The normalized spacial score (nSPS) is 18.7. The number of primary amides is 1. The fraction of sp³-hybridized carbons (Fsp3) is 0.691. The Labute approximate surface area is 495 Å². The van der Waals surface area contributed by atoms with Crippen molar-refractivity contribution in [1.82, 2.24) is 53.2 Å². The summed E-state index contributed by atoms with van der Waals surface area (Å²) in [6.07, 6.45) is 0.393. The molecule has 0 saturated heterocycles. The third-order valence-corrected chi connectivity index (χ3v) is 14.6. The van der Waals surface area contributed by atoms with Gasteiger partial charge in [0.15, 0.2) is 0 Å². The largest absolute Gasteiger partial charge is 0.394 e. The van der Waals surface area contributed by atoms with E-state index in [1.807, 2.05) is 0 Å². The van der Waals surface area contributed by atoms with Gasteiger partial charge in [0.05, 0.1) is 30.8 Å². The molecule has 14 atom stereocenters. The molecule has 0 aromatic heterocycles. The summed E-state index contributed by atoms with van der Waals surface area (Å²) in [6, 6.07) is -4.01. The molecule has 0 spiro atoms. The molecule has 1 aromatic rings. The van der Waals surface area contributed by atoms with Gasteiger partial charge >= 0.3 is 0 Å². The maximum Gasteiger partial charge on any atom is 0.246 e. The molecular weight excluding hydrogens is 1110 g/mol. The van der Waals surface area contributed by atoms with Gasteiger partial charge in [-0.15, -0.1) is 0 Å². The molecule has 1 saturated carbocycles. The Hall–Kier alpha value is -6.93. The summed E-state index contributed by atoms with van der Waals surface area (Å²) in [4.78, 5) is 149. The van der Waals surface area contributed by atoms with Crippen LogP contribution in [0.1, 0.15) is 117 Å². The van der Waals surface area contributed by atoms with E-state index in [-0.39, 0.29) is 64.7 Å². The minimum absolute atomic E-state index is 0.0130. The zero-order valence-electron chi connectivity index (χ0n) is 49.5. The summed E-state index contributed by atoms with van der Waals surface area (Å²) in [7, 11) is 0. The van der Waals surface area contributed by atoms with Crippen molar-refractivity contribution in [1.29, 1.82) is 0 Å². The Morgan fingerprint density at radius 3 is 1.48 bits per heavy atom. The number of nitrogens with one attached hydrogen (secondary N) is 10. The Kier molecular flexibility index (Phi) is 33.3. The Morgan fingerprint density at radius 1 is 0.541 bits per heavy atom. The molecule has 11 amide bonds. The van der Waals surface area contributed by atoms with Crippen LogP contribution in [0.25, 0.3) is 0 Å². The number of nitrogens with two attached hydrogens (primary N) is 5. The summed E-state index contributed by atoms with van der Waals surface area (Å²) >= 11 is 0. The molecule has 0 bridgehead atoms. The summed E-state index contributed by atoms with van der Waals surface area (Å²) in [5.41, 5.74) is 28.0. The fourth-order valence-electron chi connectivity index (χ4n) is 8.96. The Bertz CT molecular complexity index is 2350. The number of hydrogen-bond acceptors (Lipinski definition) is 19. The number of benzene rings is 1. The van der Waals surface area contributed by atoms with E-state index >= 15 is 0 Å². The van der Waals surface area contributed by atoms with E-state index in [1.165, 1.54) is 13.8 Å². The van der Waals surface area contributed by atoms with Gasteiger partial charge in [-0.2, -0.15) is 0 Å². The van der Waals surface area contributed by atoms with Crippen molar-refractivity contribution >= 4 is 65.0 Å². The molecule has 30 heteroatoms. The lowest BCUT2D eigenvalue weighted by Gasteiger charge is -2.28. The van der Waals surface area contributed by atoms with Crippen molar-refractivity contribution in [2.75, 3.05) is 39.3 Å². The van der Waals surface area contributed by atoms with Crippen LogP contribution < -0.4 is 81.8 Å². The predicted molar refractivity (Wildman–Crippen MR) is 311 cm³/mol. The van der Waals surface area contributed by atoms with Crippen LogP contribution >= 0.6 is 0 Å². The van der Waals surface area contributed by atoms with Crippen molar-refractivity contribution in [2.45, 2.75) is 190 Å². The quantitative estimate of drug-likeness (QED) is 0.0271. The molecule has 0 aliphatic heterocycles. The molecule has 0 radical (unpaired) electrons. The lowest BCUT2D eigenvalue weighted by molar-refractivity contribution is -0.137. The summed E-state index contributed by atoms with van der Waals surface area (Å²) in [5, 5.41) is 66.3. The van der Waals surface area contributed by atoms with Gasteiger partial charge in [-0.25, -0.2) is 0 Å². The topological polar surface area (TPSA) is 519 Å². The maximum absolute atomic E-state index is 14.3. The standard InChI is InChI=1S/C55H95N15O15/c1-6-7-8-9-10-14-17-42(75)62-36(18-22-56)49(80)69-44(33(5)74)53(84)66-41(29-71)51(82)64-39(48(79)63-37(19-23-57)47(78)65-40(45(60)76)26-34-15-12-11-13-16-34)21-25-61-52(83)43(32(4)73)68-50(81)38(20-24-58)67-54(85)55(27-35(55)28-59)70-46(77)30(2)31(3)72/h11-13,15-16,30-33,35-41,43-44,71-74H,6-10,14,17-29,56-59H2,1-5H3,(H2,60,76)(H,61,83)(H,62,75)(H,63,79)(H,64,82)(H,65,78)(H,66,84)(H,67,85)(H,68,81)(H,69,80)(H,70,77)/t30-,31+,32+,33+,35?,36-,37-,38-,39-,40+,41+,43-,44-,55?/m0/s1. The molecule has 2 rings (SSSR count). The van der Waals surface area contributed by atoms with E-state index in [2.05, 4.69) is 60.1 Å². The molecule has 1 aliphatic rings. The molecule has 1 fully saturated rings. The average molecular weight is 1210 g/mol.